The minimum absolute atomic E-state index is 0.113. The SMILES string of the molecule is CC(OC(=O)[C@@H](N)CCC(=O)O)[Si](C)(C)C. The second kappa shape index (κ2) is 6.00. The second-order valence-corrected chi connectivity index (χ2v) is 10.5. The van der Waals surface area contributed by atoms with Crippen molar-refractivity contribution < 1.29 is 19.4 Å². The highest BCUT2D eigenvalue weighted by atomic mass is 28.3. The quantitative estimate of drug-likeness (QED) is 0.539. The number of carboxylic acid groups (broad SMARTS) is 1. The summed E-state index contributed by atoms with van der Waals surface area (Å²) < 4.78 is 5.21. The molecule has 0 aromatic heterocycles. The first-order chi connectivity index (χ1) is 7.14. The number of carboxylic acids is 1. The molecule has 0 bridgehead atoms. The Bertz CT molecular complexity index is 262. The molecule has 0 aromatic carbocycles. The van der Waals surface area contributed by atoms with Crippen LogP contribution in [0.2, 0.25) is 19.6 Å². The summed E-state index contributed by atoms with van der Waals surface area (Å²) in [4.78, 5) is 21.8. The van der Waals surface area contributed by atoms with E-state index >= 15 is 0 Å². The van der Waals surface area contributed by atoms with Crippen molar-refractivity contribution in [3.63, 3.8) is 0 Å². The zero-order valence-corrected chi connectivity index (χ0v) is 11.3. The largest absolute Gasteiger partial charge is 0.481 e. The Kier molecular flexibility index (Phi) is 5.67. The van der Waals surface area contributed by atoms with Gasteiger partial charge < -0.3 is 15.6 Å². The first-order valence-electron chi connectivity index (χ1n) is 5.32. The molecular weight excluding hydrogens is 226 g/mol. The van der Waals surface area contributed by atoms with Crippen molar-refractivity contribution in [2.45, 2.75) is 51.2 Å². The molecule has 94 valence electrons. The van der Waals surface area contributed by atoms with E-state index in [-0.39, 0.29) is 18.6 Å². The number of aliphatic carboxylic acids is 1. The van der Waals surface area contributed by atoms with Gasteiger partial charge in [0.25, 0.3) is 0 Å². The highest BCUT2D eigenvalue weighted by Crippen LogP contribution is 2.12. The summed E-state index contributed by atoms with van der Waals surface area (Å²) >= 11 is 0. The maximum atomic E-state index is 11.5. The molecule has 6 heteroatoms. The topological polar surface area (TPSA) is 89.6 Å². The highest BCUT2D eigenvalue weighted by Gasteiger charge is 2.28. The lowest BCUT2D eigenvalue weighted by Gasteiger charge is -2.26. The first-order valence-corrected chi connectivity index (χ1v) is 8.90. The summed E-state index contributed by atoms with van der Waals surface area (Å²) in [7, 11) is -1.53. The fourth-order valence-corrected chi connectivity index (χ4v) is 1.30. The molecule has 0 saturated carbocycles. The van der Waals surface area contributed by atoms with E-state index in [0.717, 1.165) is 0 Å². The predicted octanol–water partition coefficient (Wildman–Crippen LogP) is 0.988. The maximum absolute atomic E-state index is 11.5. The molecule has 0 heterocycles. The van der Waals surface area contributed by atoms with Crippen LogP contribution >= 0.6 is 0 Å². The molecule has 3 N–H and O–H groups in total. The normalized spacial score (nSPS) is 15.3. The maximum Gasteiger partial charge on any atom is 0.322 e. The van der Waals surface area contributed by atoms with Crippen molar-refractivity contribution in [3.05, 3.63) is 0 Å². The smallest absolute Gasteiger partial charge is 0.322 e. The van der Waals surface area contributed by atoms with E-state index in [1.165, 1.54) is 0 Å². The van der Waals surface area contributed by atoms with E-state index in [9.17, 15) is 9.59 Å². The van der Waals surface area contributed by atoms with Gasteiger partial charge in [-0.05, 0) is 13.3 Å². The molecule has 0 aliphatic carbocycles. The summed E-state index contributed by atoms with van der Waals surface area (Å²) in [6, 6.07) is -0.838. The van der Waals surface area contributed by atoms with Crippen molar-refractivity contribution in [2.75, 3.05) is 0 Å². The average Bonchev–Trinajstić information content (AvgIpc) is 2.12. The third-order valence-electron chi connectivity index (χ3n) is 2.48. The third-order valence-corrected chi connectivity index (χ3v) is 5.04. The first kappa shape index (κ1) is 15.1. The molecule has 0 radical (unpaired) electrons. The van der Waals surface area contributed by atoms with Crippen LogP contribution in [0.25, 0.3) is 0 Å². The third kappa shape index (κ3) is 5.87. The minimum Gasteiger partial charge on any atom is -0.481 e. The fraction of sp³-hybridized carbons (Fsp3) is 0.800. The number of rotatable bonds is 6. The Morgan fingerprint density at radius 2 is 1.88 bits per heavy atom. The standard InChI is InChI=1S/C10H21NO4Si/c1-7(16(2,3)4)15-10(14)8(11)5-6-9(12)13/h7-8H,5-6,11H2,1-4H3,(H,12,13)/t7?,8-/m0/s1. The van der Waals surface area contributed by atoms with Gasteiger partial charge in [0.1, 0.15) is 6.04 Å². The molecule has 2 atom stereocenters. The van der Waals surface area contributed by atoms with Gasteiger partial charge in [-0.15, -0.1) is 0 Å². The number of esters is 1. The van der Waals surface area contributed by atoms with Gasteiger partial charge in [0.05, 0.1) is 13.8 Å². The lowest BCUT2D eigenvalue weighted by molar-refractivity contribution is -0.147. The van der Waals surface area contributed by atoms with E-state index in [0.29, 0.717) is 0 Å². The Labute approximate surface area is 97.0 Å². The van der Waals surface area contributed by atoms with Gasteiger partial charge in [0, 0.05) is 6.42 Å². The predicted molar refractivity (Wildman–Crippen MR) is 63.7 cm³/mol. The molecule has 0 spiro atoms. The van der Waals surface area contributed by atoms with Crippen molar-refractivity contribution in [2.24, 2.45) is 5.73 Å². The van der Waals surface area contributed by atoms with E-state index in [4.69, 9.17) is 15.6 Å². The number of hydrogen-bond acceptors (Lipinski definition) is 4. The summed E-state index contributed by atoms with van der Waals surface area (Å²) in [5.41, 5.74) is 5.42. The van der Waals surface area contributed by atoms with E-state index in [2.05, 4.69) is 19.6 Å². The van der Waals surface area contributed by atoms with Gasteiger partial charge in [-0.25, -0.2) is 0 Å². The Morgan fingerprint density at radius 1 is 1.38 bits per heavy atom. The lowest BCUT2D eigenvalue weighted by Crippen LogP contribution is -2.43. The molecule has 0 amide bonds. The number of nitrogens with two attached hydrogens (primary N) is 1. The molecule has 0 aromatic rings. The molecule has 1 unspecified atom stereocenters. The summed E-state index contributed by atoms with van der Waals surface area (Å²) in [6.45, 7) is 8.13. The van der Waals surface area contributed by atoms with E-state index < -0.39 is 26.1 Å². The molecule has 16 heavy (non-hydrogen) atoms. The molecule has 0 aliphatic rings. The monoisotopic (exact) mass is 247 g/mol. The van der Waals surface area contributed by atoms with Crippen LogP contribution in [0.1, 0.15) is 19.8 Å². The summed E-state index contributed by atoms with van der Waals surface area (Å²) in [6.07, 6.45) is 0.00415. The lowest BCUT2D eigenvalue weighted by atomic mass is 10.2. The van der Waals surface area contributed by atoms with E-state index in [1.54, 1.807) is 0 Å². The van der Waals surface area contributed by atoms with Crippen LogP contribution in [-0.4, -0.2) is 36.9 Å². The number of carbonyl (C=O) groups is 2. The zero-order chi connectivity index (χ0) is 12.9. The highest BCUT2D eigenvalue weighted by molar-refractivity contribution is 6.77. The molecule has 0 fully saturated rings. The zero-order valence-electron chi connectivity index (χ0n) is 10.3. The van der Waals surface area contributed by atoms with Gasteiger partial charge in [-0.3, -0.25) is 9.59 Å². The molecule has 5 nitrogen and oxygen atoms in total. The van der Waals surface area contributed by atoms with Crippen LogP contribution in [0.4, 0.5) is 0 Å². The van der Waals surface area contributed by atoms with Gasteiger partial charge in [0.2, 0.25) is 0 Å². The van der Waals surface area contributed by atoms with E-state index in [1.807, 2.05) is 6.92 Å². The van der Waals surface area contributed by atoms with Crippen molar-refractivity contribution in [3.8, 4) is 0 Å². The fourth-order valence-electron chi connectivity index (χ4n) is 0.835. The van der Waals surface area contributed by atoms with Crippen molar-refractivity contribution in [1.29, 1.82) is 0 Å². The second-order valence-electron chi connectivity index (χ2n) is 4.98. The van der Waals surface area contributed by atoms with Crippen molar-refractivity contribution in [1.82, 2.24) is 0 Å². The molecule has 0 saturated heterocycles. The van der Waals surface area contributed by atoms with Gasteiger partial charge >= 0.3 is 11.9 Å². The molecular formula is C10H21NO4Si. The summed E-state index contributed by atoms with van der Waals surface area (Å²) in [5.74, 6) is -1.46. The Morgan fingerprint density at radius 3 is 2.25 bits per heavy atom. The van der Waals surface area contributed by atoms with Crippen LogP contribution < -0.4 is 5.73 Å². The number of ether oxygens (including phenoxy) is 1. The Hall–Kier alpha value is -0.883. The van der Waals surface area contributed by atoms with Crippen molar-refractivity contribution >= 4 is 20.0 Å². The van der Waals surface area contributed by atoms with Crippen LogP contribution in [0.3, 0.4) is 0 Å². The van der Waals surface area contributed by atoms with Gasteiger partial charge in [-0.2, -0.15) is 0 Å². The molecule has 0 rings (SSSR count). The van der Waals surface area contributed by atoms with Gasteiger partial charge in [-0.1, -0.05) is 19.6 Å². The van der Waals surface area contributed by atoms with Crippen LogP contribution in [0, 0.1) is 0 Å². The molecule has 0 aliphatic heterocycles. The van der Waals surface area contributed by atoms with Gasteiger partial charge in [0.15, 0.2) is 0 Å². The summed E-state index contributed by atoms with van der Waals surface area (Å²) in [5, 5.41) is 8.45. The Balaban J connectivity index is 4.10. The van der Waals surface area contributed by atoms with Crippen LogP contribution in [-0.2, 0) is 14.3 Å². The van der Waals surface area contributed by atoms with Crippen LogP contribution in [0.5, 0.6) is 0 Å². The number of carbonyl (C=O) groups excluding carboxylic acids is 1. The average molecular weight is 247 g/mol. The number of hydrogen-bond donors (Lipinski definition) is 2. The minimum atomic E-state index is -1.53. The van der Waals surface area contributed by atoms with Crippen LogP contribution in [0.15, 0.2) is 0 Å².